The van der Waals surface area contributed by atoms with Crippen LogP contribution in [0.4, 0.5) is 5.82 Å². The first kappa shape index (κ1) is 11.6. The van der Waals surface area contributed by atoms with Gasteiger partial charge in [0.15, 0.2) is 5.82 Å². The Kier molecular flexibility index (Phi) is 3.13. The van der Waals surface area contributed by atoms with Gasteiger partial charge in [-0.1, -0.05) is 13.8 Å². The lowest BCUT2D eigenvalue weighted by atomic mass is 10.1. The quantitative estimate of drug-likeness (QED) is 0.881. The van der Waals surface area contributed by atoms with E-state index < -0.39 is 0 Å². The lowest BCUT2D eigenvalue weighted by Crippen LogP contribution is -2.02. The van der Waals surface area contributed by atoms with Crippen LogP contribution in [0.3, 0.4) is 0 Å². The largest absolute Gasteiger partial charge is 0.469 e. The Morgan fingerprint density at radius 1 is 1.29 bits per heavy atom. The van der Waals surface area contributed by atoms with Gasteiger partial charge in [0.2, 0.25) is 0 Å². The van der Waals surface area contributed by atoms with Crippen molar-refractivity contribution in [2.75, 3.05) is 12.4 Å². The van der Waals surface area contributed by atoms with E-state index in [0.29, 0.717) is 11.7 Å². The third-order valence-electron chi connectivity index (χ3n) is 2.69. The number of rotatable bonds is 3. The highest BCUT2D eigenvalue weighted by Crippen LogP contribution is 2.24. The summed E-state index contributed by atoms with van der Waals surface area (Å²) in [5, 5.41) is 3.06. The first-order valence-electron chi connectivity index (χ1n) is 5.73. The Bertz CT molecular complexity index is 517. The lowest BCUT2D eigenvalue weighted by Gasteiger charge is -2.09. The molecule has 4 nitrogen and oxygen atoms in total. The Balaban J connectivity index is 2.54. The van der Waals surface area contributed by atoms with Gasteiger partial charge in [-0.2, -0.15) is 0 Å². The summed E-state index contributed by atoms with van der Waals surface area (Å²) in [6, 6.07) is 3.87. The lowest BCUT2D eigenvalue weighted by molar-refractivity contribution is 0.535. The molecule has 0 bridgehead atoms. The van der Waals surface area contributed by atoms with Crippen LogP contribution in [0.15, 0.2) is 22.8 Å². The molecule has 0 amide bonds. The fourth-order valence-corrected chi connectivity index (χ4v) is 1.63. The molecule has 0 aromatic carbocycles. The topological polar surface area (TPSA) is 51.0 Å². The monoisotopic (exact) mass is 231 g/mol. The molecule has 0 saturated heterocycles. The predicted molar refractivity (Wildman–Crippen MR) is 68.1 cm³/mol. The molecule has 0 aliphatic carbocycles. The van der Waals surface area contributed by atoms with Gasteiger partial charge in [-0.25, -0.2) is 9.97 Å². The minimum absolute atomic E-state index is 0.371. The van der Waals surface area contributed by atoms with E-state index in [1.807, 2.05) is 26.1 Å². The van der Waals surface area contributed by atoms with Crippen molar-refractivity contribution in [1.82, 2.24) is 9.97 Å². The third kappa shape index (κ3) is 2.30. The van der Waals surface area contributed by atoms with E-state index in [-0.39, 0.29) is 0 Å². The number of aromatic nitrogens is 2. The van der Waals surface area contributed by atoms with Gasteiger partial charge in [0, 0.05) is 18.8 Å². The summed E-state index contributed by atoms with van der Waals surface area (Å²) in [6.45, 7) is 6.15. The number of hydrogen-bond donors (Lipinski definition) is 1. The van der Waals surface area contributed by atoms with E-state index in [0.717, 1.165) is 22.8 Å². The zero-order valence-corrected chi connectivity index (χ0v) is 10.6. The van der Waals surface area contributed by atoms with E-state index in [9.17, 15) is 0 Å². The number of aryl methyl sites for hydroxylation is 1. The van der Waals surface area contributed by atoms with Crippen molar-refractivity contribution in [1.29, 1.82) is 0 Å². The van der Waals surface area contributed by atoms with Crippen molar-refractivity contribution in [3.63, 3.8) is 0 Å². The molecule has 2 heterocycles. The van der Waals surface area contributed by atoms with Crippen molar-refractivity contribution in [3.8, 4) is 11.4 Å². The van der Waals surface area contributed by atoms with Gasteiger partial charge in [-0.05, 0) is 18.9 Å². The van der Waals surface area contributed by atoms with E-state index in [2.05, 4.69) is 29.1 Å². The fourth-order valence-electron chi connectivity index (χ4n) is 1.63. The highest BCUT2D eigenvalue weighted by atomic mass is 16.3. The van der Waals surface area contributed by atoms with Crippen LogP contribution in [-0.4, -0.2) is 17.0 Å². The second-order valence-electron chi connectivity index (χ2n) is 4.30. The fraction of sp³-hybridized carbons (Fsp3) is 0.385. The second kappa shape index (κ2) is 4.57. The van der Waals surface area contributed by atoms with Crippen LogP contribution in [0.1, 0.15) is 31.2 Å². The van der Waals surface area contributed by atoms with Gasteiger partial charge in [0.05, 0.1) is 11.8 Å². The van der Waals surface area contributed by atoms with Crippen LogP contribution >= 0.6 is 0 Å². The maximum atomic E-state index is 5.29. The molecule has 0 unspecified atom stereocenters. The normalized spacial score (nSPS) is 10.9. The van der Waals surface area contributed by atoms with Gasteiger partial charge >= 0.3 is 0 Å². The number of anilines is 1. The Morgan fingerprint density at radius 2 is 2.06 bits per heavy atom. The summed E-state index contributed by atoms with van der Waals surface area (Å²) in [6.07, 6.45) is 1.66. The van der Waals surface area contributed by atoms with Crippen LogP contribution < -0.4 is 5.32 Å². The van der Waals surface area contributed by atoms with Gasteiger partial charge < -0.3 is 9.73 Å². The predicted octanol–water partition coefficient (Wildman–Crippen LogP) is 3.21. The summed E-state index contributed by atoms with van der Waals surface area (Å²) in [5.74, 6) is 2.76. The molecule has 17 heavy (non-hydrogen) atoms. The molecule has 0 fully saturated rings. The first-order valence-corrected chi connectivity index (χ1v) is 5.73. The van der Waals surface area contributed by atoms with Crippen molar-refractivity contribution in [2.24, 2.45) is 0 Å². The molecule has 2 aromatic rings. The molecular weight excluding hydrogens is 214 g/mol. The van der Waals surface area contributed by atoms with Crippen molar-refractivity contribution < 1.29 is 4.42 Å². The van der Waals surface area contributed by atoms with Crippen molar-refractivity contribution >= 4 is 5.82 Å². The Morgan fingerprint density at radius 3 is 2.59 bits per heavy atom. The standard InChI is InChI=1S/C13H17N3O/c1-8(2)11-7-12(14-4)16-13(15-11)10-5-6-17-9(10)3/h5-8H,1-4H3,(H,14,15,16). The SMILES string of the molecule is CNc1cc(C(C)C)nc(-c2ccoc2C)n1. The van der Waals surface area contributed by atoms with E-state index in [1.165, 1.54) is 0 Å². The van der Waals surface area contributed by atoms with Crippen LogP contribution in [0.25, 0.3) is 11.4 Å². The maximum Gasteiger partial charge on any atom is 0.165 e. The molecule has 0 aliphatic heterocycles. The van der Waals surface area contributed by atoms with Crippen molar-refractivity contribution in [3.05, 3.63) is 29.9 Å². The van der Waals surface area contributed by atoms with E-state index in [4.69, 9.17) is 4.42 Å². The molecular formula is C13H17N3O. The second-order valence-corrected chi connectivity index (χ2v) is 4.30. The van der Waals surface area contributed by atoms with Crippen LogP contribution in [0.2, 0.25) is 0 Å². The smallest absolute Gasteiger partial charge is 0.165 e. The minimum atomic E-state index is 0.371. The minimum Gasteiger partial charge on any atom is -0.469 e. The molecule has 0 spiro atoms. The molecule has 0 saturated carbocycles. The molecule has 2 aromatic heterocycles. The van der Waals surface area contributed by atoms with Gasteiger partial charge in [0.25, 0.3) is 0 Å². The molecule has 0 aliphatic rings. The summed E-state index contributed by atoms with van der Waals surface area (Å²) in [4.78, 5) is 9.03. The van der Waals surface area contributed by atoms with E-state index in [1.54, 1.807) is 6.26 Å². The average Bonchev–Trinajstić information content (AvgIpc) is 2.74. The van der Waals surface area contributed by atoms with Crippen LogP contribution in [0, 0.1) is 6.92 Å². The number of furan rings is 1. The highest BCUT2D eigenvalue weighted by Gasteiger charge is 2.12. The van der Waals surface area contributed by atoms with Gasteiger partial charge in [-0.3, -0.25) is 0 Å². The van der Waals surface area contributed by atoms with E-state index >= 15 is 0 Å². The van der Waals surface area contributed by atoms with Gasteiger partial charge in [0.1, 0.15) is 11.6 Å². The van der Waals surface area contributed by atoms with Gasteiger partial charge in [-0.15, -0.1) is 0 Å². The summed E-state index contributed by atoms with van der Waals surface area (Å²) >= 11 is 0. The van der Waals surface area contributed by atoms with Crippen LogP contribution in [-0.2, 0) is 0 Å². The summed E-state index contributed by atoms with van der Waals surface area (Å²) in [7, 11) is 1.86. The number of nitrogens with one attached hydrogen (secondary N) is 1. The first-order chi connectivity index (χ1) is 8.11. The maximum absolute atomic E-state index is 5.29. The highest BCUT2D eigenvalue weighted by molar-refractivity contribution is 5.59. The Labute approximate surface area is 101 Å². The molecule has 4 heteroatoms. The molecule has 1 N–H and O–H groups in total. The van der Waals surface area contributed by atoms with Crippen LogP contribution in [0.5, 0.6) is 0 Å². The molecule has 90 valence electrons. The Hall–Kier alpha value is -1.84. The van der Waals surface area contributed by atoms with Crippen molar-refractivity contribution in [2.45, 2.75) is 26.7 Å². The zero-order valence-electron chi connectivity index (χ0n) is 10.6. The average molecular weight is 231 g/mol. The zero-order chi connectivity index (χ0) is 12.4. The molecule has 0 atom stereocenters. The number of nitrogens with zero attached hydrogens (tertiary/aromatic N) is 2. The summed E-state index contributed by atoms with van der Waals surface area (Å²) < 4.78 is 5.29. The number of hydrogen-bond acceptors (Lipinski definition) is 4. The summed E-state index contributed by atoms with van der Waals surface area (Å²) in [5.41, 5.74) is 1.98. The molecule has 0 radical (unpaired) electrons. The molecule has 2 rings (SSSR count). The third-order valence-corrected chi connectivity index (χ3v) is 2.69.